The first-order valence-corrected chi connectivity index (χ1v) is 4.83. The van der Waals surface area contributed by atoms with Gasteiger partial charge in [-0.1, -0.05) is 0 Å². The summed E-state index contributed by atoms with van der Waals surface area (Å²) in [7, 11) is 0. The van der Waals surface area contributed by atoms with Gasteiger partial charge in [-0.25, -0.2) is 4.98 Å². The van der Waals surface area contributed by atoms with Gasteiger partial charge in [0.05, 0.1) is 0 Å². The second-order valence-electron chi connectivity index (χ2n) is 3.51. The molecule has 1 aromatic rings. The van der Waals surface area contributed by atoms with Crippen LogP contribution in [-0.4, -0.2) is 23.9 Å². The van der Waals surface area contributed by atoms with Crippen molar-refractivity contribution < 1.29 is 0 Å². The van der Waals surface area contributed by atoms with Crippen molar-refractivity contribution >= 4 is 11.7 Å². The van der Waals surface area contributed by atoms with E-state index in [2.05, 4.69) is 9.88 Å². The zero-order valence-corrected chi connectivity index (χ0v) is 8.03. The molecule has 0 saturated carbocycles. The minimum absolute atomic E-state index is 0.104. The monoisotopic (exact) mass is 190 g/mol. The summed E-state index contributed by atoms with van der Waals surface area (Å²) in [6.07, 6.45) is 4.17. The summed E-state index contributed by atoms with van der Waals surface area (Å²) >= 11 is 0. The van der Waals surface area contributed by atoms with Gasteiger partial charge in [-0.15, -0.1) is 0 Å². The molecule has 74 valence electrons. The van der Waals surface area contributed by atoms with E-state index >= 15 is 0 Å². The summed E-state index contributed by atoms with van der Waals surface area (Å²) in [5.41, 5.74) is 6.17. The van der Waals surface area contributed by atoms with Gasteiger partial charge in [0, 0.05) is 24.8 Å². The number of pyridine rings is 1. The lowest BCUT2D eigenvalue weighted by Crippen LogP contribution is -2.20. The lowest BCUT2D eigenvalue weighted by molar-refractivity contribution is 0.937. The van der Waals surface area contributed by atoms with Crippen LogP contribution in [0.25, 0.3) is 0 Å². The molecule has 0 amide bonds. The maximum Gasteiger partial charge on any atom is 0.129 e. The molecule has 0 radical (unpaired) electrons. The second-order valence-corrected chi connectivity index (χ2v) is 3.51. The van der Waals surface area contributed by atoms with E-state index in [1.807, 2.05) is 6.07 Å². The van der Waals surface area contributed by atoms with Gasteiger partial charge in [0.1, 0.15) is 11.7 Å². The lowest BCUT2D eigenvalue weighted by atomic mass is 10.2. The summed E-state index contributed by atoms with van der Waals surface area (Å²) in [5, 5.41) is 7.33. The Balaban J connectivity index is 2.25. The van der Waals surface area contributed by atoms with Gasteiger partial charge in [0.15, 0.2) is 0 Å². The van der Waals surface area contributed by atoms with Crippen LogP contribution in [0.4, 0.5) is 5.82 Å². The number of aromatic nitrogens is 1. The van der Waals surface area contributed by atoms with E-state index < -0.39 is 0 Å². The van der Waals surface area contributed by atoms with Crippen molar-refractivity contribution in [2.45, 2.75) is 12.8 Å². The molecule has 1 saturated heterocycles. The standard InChI is InChI=1S/C10H14N4/c11-10(12)8-3-4-13-9(7-8)14-5-1-2-6-14/h3-4,7H,1-2,5-6H2,(H3,11,12). The molecule has 2 heterocycles. The summed E-state index contributed by atoms with van der Waals surface area (Å²) in [5.74, 6) is 1.04. The molecular formula is C10H14N4. The third-order valence-corrected chi connectivity index (χ3v) is 2.49. The lowest BCUT2D eigenvalue weighted by Gasteiger charge is -2.16. The fourth-order valence-electron chi connectivity index (χ4n) is 1.71. The molecule has 0 unspecified atom stereocenters. The normalized spacial score (nSPS) is 15.9. The fourth-order valence-corrected chi connectivity index (χ4v) is 1.71. The average Bonchev–Trinajstić information content (AvgIpc) is 2.71. The molecule has 0 aromatic carbocycles. The van der Waals surface area contributed by atoms with Crippen molar-refractivity contribution in [2.75, 3.05) is 18.0 Å². The Morgan fingerprint density at radius 3 is 2.79 bits per heavy atom. The van der Waals surface area contributed by atoms with Gasteiger partial charge >= 0.3 is 0 Å². The molecule has 1 aromatic heterocycles. The van der Waals surface area contributed by atoms with Crippen LogP contribution in [0.5, 0.6) is 0 Å². The Labute approximate surface area is 83.3 Å². The van der Waals surface area contributed by atoms with Crippen molar-refractivity contribution in [3.8, 4) is 0 Å². The highest BCUT2D eigenvalue weighted by molar-refractivity contribution is 5.95. The van der Waals surface area contributed by atoms with Crippen LogP contribution in [0.3, 0.4) is 0 Å². The Morgan fingerprint density at radius 1 is 1.43 bits per heavy atom. The second kappa shape index (κ2) is 3.65. The van der Waals surface area contributed by atoms with E-state index in [0.29, 0.717) is 0 Å². The van der Waals surface area contributed by atoms with Gasteiger partial charge in [-0.05, 0) is 25.0 Å². The molecule has 4 heteroatoms. The van der Waals surface area contributed by atoms with Gasteiger partial charge in [0.2, 0.25) is 0 Å². The highest BCUT2D eigenvalue weighted by atomic mass is 15.2. The minimum atomic E-state index is 0.104. The van der Waals surface area contributed by atoms with Crippen LogP contribution in [0.1, 0.15) is 18.4 Å². The Hall–Kier alpha value is -1.58. The Kier molecular flexibility index (Phi) is 2.35. The summed E-state index contributed by atoms with van der Waals surface area (Å²) in [4.78, 5) is 6.51. The average molecular weight is 190 g/mol. The molecule has 14 heavy (non-hydrogen) atoms. The van der Waals surface area contributed by atoms with E-state index in [4.69, 9.17) is 11.1 Å². The van der Waals surface area contributed by atoms with Crippen molar-refractivity contribution in [3.05, 3.63) is 23.9 Å². The van der Waals surface area contributed by atoms with Gasteiger partial charge in [-0.3, -0.25) is 5.41 Å². The van der Waals surface area contributed by atoms with Crippen LogP contribution in [-0.2, 0) is 0 Å². The Bertz CT molecular complexity index is 342. The smallest absolute Gasteiger partial charge is 0.129 e. The molecule has 1 fully saturated rings. The third kappa shape index (κ3) is 1.69. The molecule has 0 spiro atoms. The number of hydrogen-bond donors (Lipinski definition) is 2. The number of nitrogen functional groups attached to an aromatic ring is 1. The number of amidine groups is 1. The number of nitrogens with zero attached hydrogens (tertiary/aromatic N) is 2. The third-order valence-electron chi connectivity index (χ3n) is 2.49. The molecule has 2 rings (SSSR count). The molecule has 1 aliphatic rings. The fraction of sp³-hybridized carbons (Fsp3) is 0.400. The SMILES string of the molecule is N=C(N)c1ccnc(N2CCCC2)c1. The highest BCUT2D eigenvalue weighted by Crippen LogP contribution is 2.17. The maximum atomic E-state index is 7.33. The van der Waals surface area contributed by atoms with Crippen molar-refractivity contribution in [1.82, 2.24) is 4.98 Å². The number of anilines is 1. The highest BCUT2D eigenvalue weighted by Gasteiger charge is 2.13. The summed E-state index contributed by atoms with van der Waals surface area (Å²) in [6.45, 7) is 2.13. The van der Waals surface area contributed by atoms with Crippen LogP contribution in [0.2, 0.25) is 0 Å². The minimum Gasteiger partial charge on any atom is -0.384 e. The number of nitrogens with two attached hydrogens (primary N) is 1. The van der Waals surface area contributed by atoms with Gasteiger partial charge in [0.25, 0.3) is 0 Å². The Morgan fingerprint density at radius 2 is 2.14 bits per heavy atom. The number of hydrogen-bond acceptors (Lipinski definition) is 3. The van der Waals surface area contributed by atoms with Crippen LogP contribution < -0.4 is 10.6 Å². The first-order chi connectivity index (χ1) is 6.77. The quantitative estimate of drug-likeness (QED) is 0.539. The zero-order valence-electron chi connectivity index (χ0n) is 8.03. The van der Waals surface area contributed by atoms with Gasteiger partial charge in [-0.2, -0.15) is 0 Å². The van der Waals surface area contributed by atoms with Crippen LogP contribution in [0, 0.1) is 5.41 Å². The maximum absolute atomic E-state index is 7.33. The van der Waals surface area contributed by atoms with Crippen molar-refractivity contribution in [3.63, 3.8) is 0 Å². The molecule has 0 bridgehead atoms. The first kappa shape index (κ1) is 8.99. The predicted molar refractivity (Wildman–Crippen MR) is 56.7 cm³/mol. The molecule has 1 aliphatic heterocycles. The first-order valence-electron chi connectivity index (χ1n) is 4.83. The largest absolute Gasteiger partial charge is 0.384 e. The van der Waals surface area contributed by atoms with Gasteiger partial charge < -0.3 is 10.6 Å². The molecule has 0 atom stereocenters. The van der Waals surface area contributed by atoms with Crippen LogP contribution >= 0.6 is 0 Å². The van der Waals surface area contributed by atoms with E-state index in [1.165, 1.54) is 12.8 Å². The van der Waals surface area contributed by atoms with E-state index in [0.717, 1.165) is 24.5 Å². The number of nitrogens with one attached hydrogen (secondary N) is 1. The van der Waals surface area contributed by atoms with Crippen molar-refractivity contribution in [1.29, 1.82) is 5.41 Å². The zero-order chi connectivity index (χ0) is 9.97. The van der Waals surface area contributed by atoms with Crippen LogP contribution in [0.15, 0.2) is 18.3 Å². The molecule has 3 N–H and O–H groups in total. The van der Waals surface area contributed by atoms with Crippen molar-refractivity contribution in [2.24, 2.45) is 5.73 Å². The van der Waals surface area contributed by atoms with E-state index in [1.54, 1.807) is 12.3 Å². The summed E-state index contributed by atoms with van der Waals surface area (Å²) < 4.78 is 0. The molecule has 4 nitrogen and oxygen atoms in total. The number of rotatable bonds is 2. The van der Waals surface area contributed by atoms with E-state index in [-0.39, 0.29) is 5.84 Å². The topological polar surface area (TPSA) is 66.0 Å². The van der Waals surface area contributed by atoms with E-state index in [9.17, 15) is 0 Å². The molecular weight excluding hydrogens is 176 g/mol. The molecule has 0 aliphatic carbocycles. The summed E-state index contributed by atoms with van der Waals surface area (Å²) in [6, 6.07) is 3.65. The predicted octanol–water partition coefficient (Wildman–Crippen LogP) is 0.966.